The molecule has 0 saturated carbocycles. The third kappa shape index (κ3) is 6.29. The van der Waals surface area contributed by atoms with E-state index >= 15 is 0 Å². The van der Waals surface area contributed by atoms with Crippen LogP contribution in [0.3, 0.4) is 0 Å². The van der Waals surface area contributed by atoms with Gasteiger partial charge in [-0.2, -0.15) is 0 Å². The molecule has 3 rings (SSSR count). The molecule has 0 heterocycles. The van der Waals surface area contributed by atoms with E-state index in [0.717, 1.165) is 0 Å². The van der Waals surface area contributed by atoms with Gasteiger partial charge in [0, 0.05) is 19.8 Å². The first-order valence-electron chi connectivity index (χ1n) is 8.75. The summed E-state index contributed by atoms with van der Waals surface area (Å²) in [5.41, 5.74) is 3.26. The van der Waals surface area contributed by atoms with Gasteiger partial charge >= 0.3 is 11.9 Å². The highest BCUT2D eigenvalue weighted by atomic mass is 17.2. The zero-order valence-corrected chi connectivity index (χ0v) is 16.2. The van der Waals surface area contributed by atoms with Crippen LogP contribution < -0.4 is 4.90 Å². The van der Waals surface area contributed by atoms with Crippen LogP contribution in [0.4, 0.5) is 5.69 Å². The third-order valence-electron chi connectivity index (χ3n) is 3.81. The Balaban J connectivity index is 0.000000237. The van der Waals surface area contributed by atoms with Gasteiger partial charge in [0.25, 0.3) is 0 Å². The molecular weight excluding hydrogens is 354 g/mol. The van der Waals surface area contributed by atoms with Crippen LogP contribution in [0.1, 0.15) is 26.3 Å². The van der Waals surface area contributed by atoms with Crippen LogP contribution >= 0.6 is 0 Å². The van der Waals surface area contributed by atoms with Crippen LogP contribution in [0.2, 0.25) is 0 Å². The SMILES string of the molecule is Cc1ccccc1N(C)C.O=C(OOC(=O)c1ccccc1)c1ccccc1. The maximum absolute atomic E-state index is 11.5. The van der Waals surface area contributed by atoms with Gasteiger partial charge in [0.1, 0.15) is 0 Å². The number of nitrogens with zero attached hydrogens (tertiary/aromatic N) is 1. The molecule has 0 radical (unpaired) electrons. The van der Waals surface area contributed by atoms with Crippen LogP contribution in [-0.2, 0) is 9.78 Å². The number of benzene rings is 3. The van der Waals surface area contributed by atoms with E-state index in [4.69, 9.17) is 0 Å². The Morgan fingerprint density at radius 3 is 1.39 bits per heavy atom. The van der Waals surface area contributed by atoms with E-state index in [0.29, 0.717) is 11.1 Å². The molecule has 0 fully saturated rings. The number of hydrogen-bond donors (Lipinski definition) is 0. The molecule has 5 nitrogen and oxygen atoms in total. The maximum Gasteiger partial charge on any atom is 0.386 e. The highest BCUT2D eigenvalue weighted by Gasteiger charge is 2.13. The zero-order chi connectivity index (χ0) is 20.4. The number of aryl methyl sites for hydroxylation is 1. The summed E-state index contributed by atoms with van der Waals surface area (Å²) in [5, 5.41) is 0. The molecule has 0 aliphatic rings. The standard InChI is InChI=1S/C14H10O4.C9H13N/c15-13(11-7-3-1-4-8-11)17-18-14(16)12-9-5-2-6-10-12;1-8-6-4-5-7-9(8)10(2)3/h1-10H;4-7H,1-3H3. The zero-order valence-electron chi connectivity index (χ0n) is 16.2. The number of carbonyl (C=O) groups is 2. The summed E-state index contributed by atoms with van der Waals surface area (Å²) in [6.07, 6.45) is 0. The largest absolute Gasteiger partial charge is 0.386 e. The number of para-hydroxylation sites is 1. The first-order chi connectivity index (χ1) is 13.5. The lowest BCUT2D eigenvalue weighted by atomic mass is 10.2. The van der Waals surface area contributed by atoms with Crippen LogP contribution in [0.5, 0.6) is 0 Å². The second-order valence-corrected chi connectivity index (χ2v) is 6.15. The molecule has 0 aromatic heterocycles. The summed E-state index contributed by atoms with van der Waals surface area (Å²) < 4.78 is 0. The van der Waals surface area contributed by atoms with Gasteiger partial charge in [0.15, 0.2) is 0 Å². The molecule has 0 atom stereocenters. The minimum Gasteiger partial charge on any atom is -0.377 e. The van der Waals surface area contributed by atoms with Crippen molar-refractivity contribution in [2.45, 2.75) is 6.92 Å². The maximum atomic E-state index is 11.5. The Bertz CT molecular complexity index is 841. The summed E-state index contributed by atoms with van der Waals surface area (Å²) >= 11 is 0. The van der Waals surface area contributed by atoms with Crippen molar-refractivity contribution in [2.75, 3.05) is 19.0 Å². The number of hydrogen-bond acceptors (Lipinski definition) is 5. The third-order valence-corrected chi connectivity index (χ3v) is 3.81. The predicted octanol–water partition coefficient (Wildman–Crippen LogP) is 4.68. The smallest absolute Gasteiger partial charge is 0.377 e. The predicted molar refractivity (Wildman–Crippen MR) is 109 cm³/mol. The number of carbonyl (C=O) groups excluding carboxylic acids is 2. The van der Waals surface area contributed by atoms with Crippen molar-refractivity contribution in [1.82, 2.24) is 0 Å². The average molecular weight is 377 g/mol. The lowest BCUT2D eigenvalue weighted by Gasteiger charge is -2.14. The van der Waals surface area contributed by atoms with Crippen LogP contribution in [0.25, 0.3) is 0 Å². The summed E-state index contributed by atoms with van der Waals surface area (Å²) in [4.78, 5) is 34.0. The van der Waals surface area contributed by atoms with Gasteiger partial charge in [-0.05, 0) is 42.8 Å². The van der Waals surface area contributed by atoms with Crippen molar-refractivity contribution in [2.24, 2.45) is 0 Å². The summed E-state index contributed by atoms with van der Waals surface area (Å²) in [7, 11) is 4.12. The fraction of sp³-hybridized carbons (Fsp3) is 0.130. The Labute approximate surface area is 165 Å². The molecule has 0 N–H and O–H groups in total. The molecule has 0 aliphatic carbocycles. The summed E-state index contributed by atoms with van der Waals surface area (Å²) in [6, 6.07) is 24.9. The minimum absolute atomic E-state index is 0.318. The first-order valence-corrected chi connectivity index (χ1v) is 8.75. The molecule has 0 bridgehead atoms. The molecule has 0 spiro atoms. The average Bonchev–Trinajstić information content (AvgIpc) is 2.73. The van der Waals surface area contributed by atoms with E-state index in [9.17, 15) is 9.59 Å². The van der Waals surface area contributed by atoms with Crippen molar-refractivity contribution < 1.29 is 19.4 Å². The van der Waals surface area contributed by atoms with Crippen LogP contribution in [0, 0.1) is 6.92 Å². The van der Waals surface area contributed by atoms with Crippen LogP contribution in [-0.4, -0.2) is 26.0 Å². The van der Waals surface area contributed by atoms with Gasteiger partial charge in [-0.25, -0.2) is 19.4 Å². The Kier molecular flexibility index (Phi) is 7.78. The van der Waals surface area contributed by atoms with Gasteiger partial charge < -0.3 is 4.90 Å². The monoisotopic (exact) mass is 377 g/mol. The van der Waals surface area contributed by atoms with E-state index < -0.39 is 11.9 Å². The lowest BCUT2D eigenvalue weighted by Crippen LogP contribution is -2.11. The van der Waals surface area contributed by atoms with E-state index in [1.54, 1.807) is 60.7 Å². The Hall–Kier alpha value is -3.60. The van der Waals surface area contributed by atoms with Crippen molar-refractivity contribution >= 4 is 17.6 Å². The van der Waals surface area contributed by atoms with Gasteiger partial charge in [-0.15, -0.1) is 0 Å². The van der Waals surface area contributed by atoms with Gasteiger partial charge in [-0.1, -0.05) is 54.6 Å². The molecule has 0 aliphatic heterocycles. The topological polar surface area (TPSA) is 55.8 Å². The van der Waals surface area contributed by atoms with Crippen molar-refractivity contribution in [1.29, 1.82) is 0 Å². The van der Waals surface area contributed by atoms with E-state index in [2.05, 4.69) is 60.0 Å². The van der Waals surface area contributed by atoms with Gasteiger partial charge in [0.05, 0.1) is 11.1 Å². The van der Waals surface area contributed by atoms with Crippen molar-refractivity contribution in [3.05, 3.63) is 102 Å². The second-order valence-electron chi connectivity index (χ2n) is 6.15. The summed E-state index contributed by atoms with van der Waals surface area (Å²) in [6.45, 7) is 2.12. The molecular formula is C23H23NO4. The second kappa shape index (κ2) is 10.5. The fourth-order valence-corrected chi connectivity index (χ4v) is 2.39. The summed E-state index contributed by atoms with van der Waals surface area (Å²) in [5.74, 6) is -1.42. The quantitative estimate of drug-likeness (QED) is 0.490. The highest BCUT2D eigenvalue weighted by molar-refractivity contribution is 5.92. The van der Waals surface area contributed by atoms with Crippen molar-refractivity contribution in [3.8, 4) is 0 Å². The number of rotatable bonds is 3. The molecule has 5 heteroatoms. The molecule has 28 heavy (non-hydrogen) atoms. The van der Waals surface area contributed by atoms with Gasteiger partial charge in [0.2, 0.25) is 0 Å². The van der Waals surface area contributed by atoms with Crippen LogP contribution in [0.15, 0.2) is 84.9 Å². The molecule has 0 amide bonds. The molecule has 0 saturated heterocycles. The molecule has 144 valence electrons. The van der Waals surface area contributed by atoms with Crippen molar-refractivity contribution in [3.63, 3.8) is 0 Å². The normalized spacial score (nSPS) is 9.54. The Morgan fingerprint density at radius 2 is 1.04 bits per heavy atom. The van der Waals surface area contributed by atoms with E-state index in [1.165, 1.54) is 11.3 Å². The molecule has 3 aromatic rings. The van der Waals surface area contributed by atoms with E-state index in [-0.39, 0.29) is 0 Å². The molecule has 3 aromatic carbocycles. The van der Waals surface area contributed by atoms with Gasteiger partial charge in [-0.3, -0.25) is 0 Å². The van der Waals surface area contributed by atoms with E-state index in [1.807, 2.05) is 0 Å². The fourth-order valence-electron chi connectivity index (χ4n) is 2.39. The first kappa shape index (κ1) is 20.7. The molecule has 0 unspecified atom stereocenters. The number of anilines is 1. The lowest BCUT2D eigenvalue weighted by molar-refractivity contribution is -0.187. The minimum atomic E-state index is -0.708. The highest BCUT2D eigenvalue weighted by Crippen LogP contribution is 2.15. The Morgan fingerprint density at radius 1 is 0.643 bits per heavy atom.